The molecule has 0 N–H and O–H groups in total. The van der Waals surface area contributed by atoms with E-state index in [1.54, 1.807) is 43.8 Å². The molecule has 3 heterocycles. The Bertz CT molecular complexity index is 1100. The van der Waals surface area contributed by atoms with Crippen molar-refractivity contribution >= 4 is 17.2 Å². The molecule has 0 aliphatic carbocycles. The zero-order chi connectivity index (χ0) is 20.7. The summed E-state index contributed by atoms with van der Waals surface area (Å²) in [6.07, 6.45) is 0.744. The first-order valence-corrected chi connectivity index (χ1v) is 10.6. The number of carbonyl (C=O) groups is 1. The molecule has 7 heteroatoms. The topological polar surface area (TPSA) is 57.2 Å². The van der Waals surface area contributed by atoms with Crippen molar-refractivity contribution in [3.63, 3.8) is 0 Å². The highest BCUT2D eigenvalue weighted by Crippen LogP contribution is 2.43. The van der Waals surface area contributed by atoms with Gasteiger partial charge in [-0.15, -0.1) is 11.3 Å². The van der Waals surface area contributed by atoms with E-state index in [0.29, 0.717) is 35.1 Å². The van der Waals surface area contributed by atoms with Crippen molar-refractivity contribution in [2.24, 2.45) is 0 Å². The molecule has 2 aliphatic heterocycles. The van der Waals surface area contributed by atoms with Crippen molar-refractivity contribution in [2.45, 2.75) is 12.5 Å². The van der Waals surface area contributed by atoms with Crippen molar-refractivity contribution < 1.29 is 23.7 Å². The van der Waals surface area contributed by atoms with Gasteiger partial charge in [0.05, 0.1) is 20.3 Å². The van der Waals surface area contributed by atoms with E-state index >= 15 is 0 Å². The molecule has 1 unspecified atom stereocenters. The van der Waals surface area contributed by atoms with E-state index in [1.807, 2.05) is 28.5 Å². The van der Waals surface area contributed by atoms with Gasteiger partial charge in [0.2, 0.25) is 6.79 Å². The first-order chi connectivity index (χ1) is 14.7. The number of methoxy groups -OCH3 is 2. The number of thiophene rings is 1. The van der Waals surface area contributed by atoms with Crippen LogP contribution in [0.3, 0.4) is 0 Å². The zero-order valence-electron chi connectivity index (χ0n) is 16.7. The standard InChI is InChI=1S/C23H21NO5S/c1-26-18-10-14-7-8-24(23(25)15-5-6-17-20(11-15)29-13-28-17)22(21-4-3-9-30-21)16(14)12-19(18)27-2/h3-6,9-12,22H,7-8,13H2,1-2H3. The van der Waals surface area contributed by atoms with Crippen LogP contribution >= 0.6 is 11.3 Å². The molecule has 6 nitrogen and oxygen atoms in total. The second kappa shape index (κ2) is 7.57. The second-order valence-electron chi connectivity index (χ2n) is 7.14. The Hall–Kier alpha value is -3.19. The van der Waals surface area contributed by atoms with Crippen molar-refractivity contribution in [1.82, 2.24) is 4.90 Å². The molecule has 1 atom stereocenters. The Labute approximate surface area is 178 Å². The Morgan fingerprint density at radius 1 is 1.07 bits per heavy atom. The molecule has 1 amide bonds. The van der Waals surface area contributed by atoms with Crippen LogP contribution in [0.5, 0.6) is 23.0 Å². The quantitative estimate of drug-likeness (QED) is 0.627. The lowest BCUT2D eigenvalue weighted by Gasteiger charge is -2.37. The molecule has 0 fully saturated rings. The lowest BCUT2D eigenvalue weighted by atomic mass is 9.90. The average Bonchev–Trinajstić information content (AvgIpc) is 3.48. The summed E-state index contributed by atoms with van der Waals surface area (Å²) in [5, 5.41) is 2.04. The molecule has 0 bridgehead atoms. The summed E-state index contributed by atoms with van der Waals surface area (Å²) in [6.45, 7) is 0.793. The monoisotopic (exact) mass is 423 g/mol. The van der Waals surface area contributed by atoms with Crippen molar-refractivity contribution in [2.75, 3.05) is 27.6 Å². The van der Waals surface area contributed by atoms with Gasteiger partial charge in [-0.25, -0.2) is 0 Å². The minimum absolute atomic E-state index is 0.0351. The Balaban J connectivity index is 1.58. The number of benzene rings is 2. The maximum atomic E-state index is 13.6. The number of fused-ring (bicyclic) bond motifs is 2. The summed E-state index contributed by atoms with van der Waals surface area (Å²) < 4.78 is 21.9. The molecule has 0 saturated heterocycles. The third-order valence-electron chi connectivity index (χ3n) is 5.57. The van der Waals surface area contributed by atoms with Crippen LogP contribution in [-0.4, -0.2) is 38.4 Å². The predicted octanol–water partition coefficient (Wildman–Crippen LogP) is 4.28. The summed E-state index contributed by atoms with van der Waals surface area (Å²) in [5.41, 5.74) is 2.82. The number of carbonyl (C=O) groups excluding carboxylic acids is 1. The number of ether oxygens (including phenoxy) is 4. The van der Waals surface area contributed by atoms with Crippen molar-refractivity contribution in [3.8, 4) is 23.0 Å². The minimum atomic E-state index is -0.188. The molecular weight excluding hydrogens is 402 g/mol. The number of rotatable bonds is 4. The van der Waals surface area contributed by atoms with E-state index in [-0.39, 0.29) is 18.7 Å². The Morgan fingerprint density at radius 2 is 1.87 bits per heavy atom. The fraction of sp³-hybridized carbons (Fsp3) is 0.261. The normalized spacial score (nSPS) is 16.9. The lowest BCUT2D eigenvalue weighted by Crippen LogP contribution is -2.40. The number of amides is 1. The first kappa shape index (κ1) is 18.8. The summed E-state index contributed by atoms with van der Waals surface area (Å²) in [7, 11) is 3.27. The third-order valence-corrected chi connectivity index (χ3v) is 6.49. The van der Waals surface area contributed by atoms with E-state index in [9.17, 15) is 4.79 Å². The maximum absolute atomic E-state index is 13.6. The Kier molecular flexibility index (Phi) is 4.75. The highest BCUT2D eigenvalue weighted by atomic mass is 32.1. The van der Waals surface area contributed by atoms with Gasteiger partial charge in [0.15, 0.2) is 23.0 Å². The number of nitrogens with zero attached hydrogens (tertiary/aromatic N) is 1. The SMILES string of the molecule is COc1cc2c(cc1OC)C(c1cccs1)N(C(=O)c1ccc3c(c1)OCO3)CC2. The molecule has 2 aliphatic rings. The van der Waals surface area contributed by atoms with E-state index in [2.05, 4.69) is 6.07 Å². The summed E-state index contributed by atoms with van der Waals surface area (Å²) in [4.78, 5) is 16.6. The second-order valence-corrected chi connectivity index (χ2v) is 8.12. The van der Waals surface area contributed by atoms with Gasteiger partial charge in [-0.3, -0.25) is 4.79 Å². The van der Waals surface area contributed by atoms with E-state index in [4.69, 9.17) is 18.9 Å². The molecule has 2 aromatic carbocycles. The highest BCUT2D eigenvalue weighted by Gasteiger charge is 2.35. The molecule has 5 rings (SSSR count). The maximum Gasteiger partial charge on any atom is 0.254 e. The van der Waals surface area contributed by atoms with E-state index < -0.39 is 0 Å². The van der Waals surface area contributed by atoms with Crippen LogP contribution in [-0.2, 0) is 6.42 Å². The van der Waals surface area contributed by atoms with Crippen LogP contribution in [0.2, 0.25) is 0 Å². The van der Waals surface area contributed by atoms with Crippen molar-refractivity contribution in [1.29, 1.82) is 0 Å². The number of hydrogen-bond acceptors (Lipinski definition) is 6. The fourth-order valence-electron chi connectivity index (χ4n) is 4.11. The van der Waals surface area contributed by atoms with Gasteiger partial charge in [-0.05, 0) is 59.3 Å². The summed E-state index contributed by atoms with van der Waals surface area (Å²) in [5.74, 6) is 2.61. The minimum Gasteiger partial charge on any atom is -0.493 e. The average molecular weight is 423 g/mol. The molecule has 3 aromatic rings. The molecule has 0 spiro atoms. The summed E-state index contributed by atoms with van der Waals surface area (Å²) in [6, 6.07) is 13.3. The molecule has 1 aromatic heterocycles. The van der Waals surface area contributed by atoms with Crippen LogP contribution < -0.4 is 18.9 Å². The molecule has 0 saturated carbocycles. The van der Waals surface area contributed by atoms with Crippen molar-refractivity contribution in [3.05, 3.63) is 69.4 Å². The zero-order valence-corrected chi connectivity index (χ0v) is 17.5. The highest BCUT2D eigenvalue weighted by molar-refractivity contribution is 7.10. The van der Waals surface area contributed by atoms with E-state index in [1.165, 1.54) is 5.56 Å². The van der Waals surface area contributed by atoms with Gasteiger partial charge >= 0.3 is 0 Å². The van der Waals surface area contributed by atoms with Gasteiger partial charge in [0, 0.05) is 17.0 Å². The molecular formula is C23H21NO5S. The molecule has 154 valence electrons. The fourth-order valence-corrected chi connectivity index (χ4v) is 4.97. The van der Waals surface area contributed by atoms with Crippen LogP contribution in [0, 0.1) is 0 Å². The van der Waals surface area contributed by atoms with Gasteiger partial charge in [0.25, 0.3) is 5.91 Å². The van der Waals surface area contributed by atoms with Crippen LogP contribution in [0.15, 0.2) is 47.8 Å². The summed E-state index contributed by atoms with van der Waals surface area (Å²) >= 11 is 1.64. The largest absolute Gasteiger partial charge is 0.493 e. The predicted molar refractivity (Wildman–Crippen MR) is 113 cm³/mol. The van der Waals surface area contributed by atoms with Crippen LogP contribution in [0.25, 0.3) is 0 Å². The van der Waals surface area contributed by atoms with Gasteiger partial charge in [-0.2, -0.15) is 0 Å². The van der Waals surface area contributed by atoms with Crippen LogP contribution in [0.4, 0.5) is 0 Å². The van der Waals surface area contributed by atoms with Gasteiger partial charge in [-0.1, -0.05) is 6.07 Å². The third kappa shape index (κ3) is 3.06. The smallest absolute Gasteiger partial charge is 0.254 e. The Morgan fingerprint density at radius 3 is 2.63 bits per heavy atom. The van der Waals surface area contributed by atoms with Gasteiger partial charge in [0.1, 0.15) is 0 Å². The molecule has 0 radical (unpaired) electrons. The van der Waals surface area contributed by atoms with Gasteiger partial charge < -0.3 is 23.8 Å². The van der Waals surface area contributed by atoms with E-state index in [0.717, 1.165) is 16.9 Å². The van der Waals surface area contributed by atoms with Crippen LogP contribution in [0.1, 0.15) is 32.4 Å². The number of hydrogen-bond donors (Lipinski definition) is 0. The lowest BCUT2D eigenvalue weighted by molar-refractivity contribution is 0.0696. The molecule has 30 heavy (non-hydrogen) atoms. The first-order valence-electron chi connectivity index (χ1n) is 9.68.